The zero-order valence-corrected chi connectivity index (χ0v) is 16.1. The van der Waals surface area contributed by atoms with Gasteiger partial charge in [0.1, 0.15) is 0 Å². The number of rotatable bonds is 8. The predicted molar refractivity (Wildman–Crippen MR) is 102 cm³/mol. The van der Waals surface area contributed by atoms with Crippen LogP contribution in [0.15, 0.2) is 29.3 Å². The zero-order valence-electron chi connectivity index (χ0n) is 16.1. The molecule has 8 heteroatoms. The van der Waals surface area contributed by atoms with E-state index in [0.29, 0.717) is 32.3 Å². The third-order valence-electron chi connectivity index (χ3n) is 5.33. The second-order valence-electron chi connectivity index (χ2n) is 7.42. The molecule has 1 aromatic carbocycles. The standard InChI is InChI=1S/C20H28F3N3O2/c1-24-18(25-9-3-10-28-17-6-11-27-13-17)26-14-19(7-8-19)15-4-2-5-16(12-15)20(21,22)23/h2,4-5,12,17H,3,6-11,13-14H2,1H3,(H2,24,25,26). The summed E-state index contributed by atoms with van der Waals surface area (Å²) in [6.07, 6.45) is -0.571. The number of ether oxygens (including phenoxy) is 2. The second-order valence-corrected chi connectivity index (χ2v) is 7.42. The molecular weight excluding hydrogens is 371 g/mol. The number of alkyl halides is 3. The van der Waals surface area contributed by atoms with E-state index in [1.54, 1.807) is 13.1 Å². The molecule has 2 fully saturated rings. The van der Waals surface area contributed by atoms with Gasteiger partial charge in [0.15, 0.2) is 5.96 Å². The molecule has 3 rings (SSSR count). The van der Waals surface area contributed by atoms with Crippen LogP contribution in [0.25, 0.3) is 0 Å². The van der Waals surface area contributed by atoms with Crippen molar-refractivity contribution in [3.8, 4) is 0 Å². The molecular formula is C20H28F3N3O2. The Kier molecular flexibility index (Phi) is 6.82. The minimum absolute atomic E-state index is 0.208. The van der Waals surface area contributed by atoms with Gasteiger partial charge in [0.2, 0.25) is 0 Å². The maximum absolute atomic E-state index is 13.0. The fourth-order valence-electron chi connectivity index (χ4n) is 3.39. The molecule has 0 spiro atoms. The van der Waals surface area contributed by atoms with Crippen LogP contribution in [-0.4, -0.2) is 52.0 Å². The molecule has 156 valence electrons. The van der Waals surface area contributed by atoms with E-state index in [4.69, 9.17) is 9.47 Å². The Morgan fingerprint density at radius 2 is 2.14 bits per heavy atom. The van der Waals surface area contributed by atoms with Crippen molar-refractivity contribution in [2.45, 2.75) is 43.4 Å². The van der Waals surface area contributed by atoms with E-state index in [1.807, 2.05) is 0 Å². The molecule has 1 unspecified atom stereocenters. The molecule has 1 saturated carbocycles. The summed E-state index contributed by atoms with van der Waals surface area (Å²) in [5, 5.41) is 6.49. The van der Waals surface area contributed by atoms with E-state index in [1.165, 1.54) is 12.1 Å². The van der Waals surface area contributed by atoms with Gasteiger partial charge in [0, 0.05) is 38.8 Å². The predicted octanol–water partition coefficient (Wildman–Crippen LogP) is 3.10. The maximum atomic E-state index is 13.0. The first-order valence-electron chi connectivity index (χ1n) is 9.75. The van der Waals surface area contributed by atoms with Crippen molar-refractivity contribution < 1.29 is 22.6 Å². The average molecular weight is 399 g/mol. The molecule has 0 aromatic heterocycles. The van der Waals surface area contributed by atoms with Gasteiger partial charge in [0.25, 0.3) is 0 Å². The molecule has 2 aliphatic rings. The second kappa shape index (κ2) is 9.13. The molecule has 0 radical (unpaired) electrons. The Hall–Kier alpha value is -1.80. The molecule has 0 amide bonds. The van der Waals surface area contributed by atoms with Gasteiger partial charge in [-0.2, -0.15) is 13.2 Å². The zero-order chi connectivity index (χ0) is 20.0. The Morgan fingerprint density at radius 1 is 1.32 bits per heavy atom. The summed E-state index contributed by atoms with van der Waals surface area (Å²) in [5.74, 6) is 0.655. The van der Waals surface area contributed by atoms with E-state index < -0.39 is 11.7 Å². The third-order valence-corrected chi connectivity index (χ3v) is 5.33. The molecule has 1 heterocycles. The number of hydrogen-bond donors (Lipinski definition) is 2. The Labute approximate surface area is 163 Å². The Morgan fingerprint density at radius 3 is 2.79 bits per heavy atom. The van der Waals surface area contributed by atoms with Crippen molar-refractivity contribution in [3.63, 3.8) is 0 Å². The van der Waals surface area contributed by atoms with Gasteiger partial charge in [0.05, 0.1) is 18.3 Å². The fourth-order valence-corrected chi connectivity index (χ4v) is 3.39. The largest absolute Gasteiger partial charge is 0.416 e. The highest BCUT2D eigenvalue weighted by molar-refractivity contribution is 5.79. The lowest BCUT2D eigenvalue weighted by molar-refractivity contribution is -0.137. The van der Waals surface area contributed by atoms with Gasteiger partial charge in [-0.25, -0.2) is 0 Å². The molecule has 28 heavy (non-hydrogen) atoms. The van der Waals surface area contributed by atoms with E-state index in [2.05, 4.69) is 15.6 Å². The normalized spacial score (nSPS) is 21.6. The summed E-state index contributed by atoms with van der Waals surface area (Å²) in [7, 11) is 1.69. The van der Waals surface area contributed by atoms with E-state index in [-0.39, 0.29) is 11.5 Å². The number of hydrogen-bond acceptors (Lipinski definition) is 3. The van der Waals surface area contributed by atoms with Gasteiger partial charge >= 0.3 is 6.18 Å². The molecule has 1 aromatic rings. The van der Waals surface area contributed by atoms with Crippen LogP contribution < -0.4 is 10.6 Å². The van der Waals surface area contributed by atoms with Crippen molar-refractivity contribution >= 4 is 5.96 Å². The summed E-state index contributed by atoms with van der Waals surface area (Å²) in [4.78, 5) is 4.20. The van der Waals surface area contributed by atoms with E-state index in [0.717, 1.165) is 43.9 Å². The minimum atomic E-state index is -4.32. The van der Waals surface area contributed by atoms with Crippen molar-refractivity contribution in [2.75, 3.05) is 40.0 Å². The Bertz CT molecular complexity index is 669. The van der Waals surface area contributed by atoms with Crippen molar-refractivity contribution in [2.24, 2.45) is 4.99 Å². The lowest BCUT2D eigenvalue weighted by Crippen LogP contribution is -2.41. The maximum Gasteiger partial charge on any atom is 0.416 e. The molecule has 1 aliphatic carbocycles. The van der Waals surface area contributed by atoms with Crippen LogP contribution in [0.3, 0.4) is 0 Å². The van der Waals surface area contributed by atoms with Gasteiger partial charge in [-0.15, -0.1) is 0 Å². The summed E-state index contributed by atoms with van der Waals surface area (Å²) in [5.41, 5.74) is -0.103. The van der Waals surface area contributed by atoms with Crippen LogP contribution in [0, 0.1) is 0 Å². The van der Waals surface area contributed by atoms with Crippen LogP contribution in [0.5, 0.6) is 0 Å². The first-order valence-corrected chi connectivity index (χ1v) is 9.75. The van der Waals surface area contributed by atoms with Crippen LogP contribution >= 0.6 is 0 Å². The highest BCUT2D eigenvalue weighted by Crippen LogP contribution is 2.48. The molecule has 1 aliphatic heterocycles. The number of nitrogens with one attached hydrogen (secondary N) is 2. The summed E-state index contributed by atoms with van der Waals surface area (Å²) >= 11 is 0. The topological polar surface area (TPSA) is 54.9 Å². The molecule has 1 saturated heterocycles. The number of halogens is 3. The van der Waals surface area contributed by atoms with Crippen molar-refractivity contribution in [3.05, 3.63) is 35.4 Å². The fraction of sp³-hybridized carbons (Fsp3) is 0.650. The first kappa shape index (κ1) is 20.9. The SMILES string of the molecule is CN=C(NCCCOC1CCOC1)NCC1(c2cccc(C(F)(F)F)c2)CC1. The van der Waals surface area contributed by atoms with E-state index >= 15 is 0 Å². The highest BCUT2D eigenvalue weighted by atomic mass is 19.4. The Balaban J connectivity index is 1.43. The lowest BCUT2D eigenvalue weighted by atomic mass is 9.94. The molecule has 2 N–H and O–H groups in total. The number of aliphatic imine (C=N–C) groups is 1. The van der Waals surface area contributed by atoms with Gasteiger partial charge in [-0.3, -0.25) is 4.99 Å². The number of nitrogens with zero attached hydrogens (tertiary/aromatic N) is 1. The van der Waals surface area contributed by atoms with Crippen LogP contribution in [0.2, 0.25) is 0 Å². The number of guanidine groups is 1. The minimum Gasteiger partial charge on any atom is -0.379 e. The molecule has 0 bridgehead atoms. The van der Waals surface area contributed by atoms with Crippen LogP contribution in [0.1, 0.15) is 36.8 Å². The quantitative estimate of drug-likeness (QED) is 0.401. The summed E-state index contributed by atoms with van der Waals surface area (Å²) < 4.78 is 49.9. The monoisotopic (exact) mass is 399 g/mol. The summed E-state index contributed by atoms with van der Waals surface area (Å²) in [6.45, 7) is 3.38. The van der Waals surface area contributed by atoms with Gasteiger partial charge in [-0.05, 0) is 37.3 Å². The summed E-state index contributed by atoms with van der Waals surface area (Å²) in [6, 6.07) is 5.66. The lowest BCUT2D eigenvalue weighted by Gasteiger charge is -2.20. The van der Waals surface area contributed by atoms with Crippen molar-refractivity contribution in [1.82, 2.24) is 10.6 Å². The average Bonchev–Trinajstić information content (AvgIpc) is 3.29. The van der Waals surface area contributed by atoms with Gasteiger partial charge < -0.3 is 20.1 Å². The van der Waals surface area contributed by atoms with Gasteiger partial charge in [-0.1, -0.05) is 18.2 Å². The smallest absolute Gasteiger partial charge is 0.379 e. The highest BCUT2D eigenvalue weighted by Gasteiger charge is 2.45. The molecule has 1 atom stereocenters. The number of benzene rings is 1. The van der Waals surface area contributed by atoms with Crippen LogP contribution in [-0.2, 0) is 21.1 Å². The van der Waals surface area contributed by atoms with Crippen LogP contribution in [0.4, 0.5) is 13.2 Å². The molecule has 5 nitrogen and oxygen atoms in total. The first-order chi connectivity index (χ1) is 13.4. The third kappa shape index (κ3) is 5.61. The van der Waals surface area contributed by atoms with E-state index in [9.17, 15) is 13.2 Å². The van der Waals surface area contributed by atoms with Crippen molar-refractivity contribution in [1.29, 1.82) is 0 Å².